The molecule has 3 nitrogen and oxygen atoms in total. The van der Waals surface area contributed by atoms with Gasteiger partial charge < -0.3 is 5.11 Å². The molecule has 0 unspecified atom stereocenters. The zero-order valence-electron chi connectivity index (χ0n) is 13.4. The van der Waals surface area contributed by atoms with Crippen molar-refractivity contribution in [2.24, 2.45) is 11.8 Å². The molecule has 128 valence electrons. The van der Waals surface area contributed by atoms with Crippen LogP contribution in [0.2, 0.25) is 5.02 Å². The third-order valence-electron chi connectivity index (χ3n) is 4.97. The van der Waals surface area contributed by atoms with E-state index >= 15 is 4.39 Å². The minimum atomic E-state index is -1.53. The second kappa shape index (κ2) is 7.08. The van der Waals surface area contributed by atoms with Crippen molar-refractivity contribution in [3.8, 4) is 0 Å². The van der Waals surface area contributed by atoms with Crippen molar-refractivity contribution in [3.63, 3.8) is 0 Å². The lowest BCUT2D eigenvalue weighted by Gasteiger charge is -2.38. The summed E-state index contributed by atoms with van der Waals surface area (Å²) in [5.74, 6) is -1.77. The molecule has 1 aromatic rings. The number of carbonyl (C=O) groups is 1. The van der Waals surface area contributed by atoms with Crippen molar-refractivity contribution in [1.82, 2.24) is 4.90 Å². The van der Waals surface area contributed by atoms with Gasteiger partial charge in [-0.1, -0.05) is 42.0 Å². The molecule has 0 bridgehead atoms. The van der Waals surface area contributed by atoms with Crippen LogP contribution in [0.1, 0.15) is 18.4 Å². The molecule has 1 aliphatic carbocycles. The Balaban J connectivity index is 1.58. The molecule has 0 radical (unpaired) electrons. The molecule has 0 saturated carbocycles. The molecule has 1 saturated heterocycles. The number of carboxylic acids is 1. The van der Waals surface area contributed by atoms with Gasteiger partial charge in [0.25, 0.3) is 0 Å². The first-order valence-electron chi connectivity index (χ1n) is 8.24. The SMILES string of the molecule is O=C(O)C1C=CC(F)(C2CCN(Cc3ccccc3Cl)CC2)C=C1. The molecule has 1 N–H and O–H groups in total. The van der Waals surface area contributed by atoms with Crippen molar-refractivity contribution in [3.05, 3.63) is 59.2 Å². The molecular weight excluding hydrogens is 329 g/mol. The summed E-state index contributed by atoms with van der Waals surface area (Å²) in [6, 6.07) is 7.79. The van der Waals surface area contributed by atoms with Crippen LogP contribution in [0.15, 0.2) is 48.6 Å². The Labute approximate surface area is 146 Å². The molecule has 0 amide bonds. The fourth-order valence-electron chi connectivity index (χ4n) is 3.46. The minimum absolute atomic E-state index is 0.109. The lowest BCUT2D eigenvalue weighted by atomic mass is 9.78. The van der Waals surface area contributed by atoms with Gasteiger partial charge in [-0.25, -0.2) is 4.39 Å². The van der Waals surface area contributed by atoms with Crippen LogP contribution in [0.25, 0.3) is 0 Å². The van der Waals surface area contributed by atoms with E-state index in [1.807, 2.05) is 24.3 Å². The van der Waals surface area contributed by atoms with E-state index in [4.69, 9.17) is 16.7 Å². The van der Waals surface area contributed by atoms with Crippen molar-refractivity contribution in [2.75, 3.05) is 13.1 Å². The summed E-state index contributed by atoms with van der Waals surface area (Å²) in [5, 5.41) is 9.74. The number of aliphatic carboxylic acids is 1. The second-order valence-electron chi connectivity index (χ2n) is 6.55. The molecule has 2 aliphatic rings. The van der Waals surface area contributed by atoms with E-state index in [0.717, 1.165) is 43.1 Å². The minimum Gasteiger partial charge on any atom is -0.481 e. The Hall–Kier alpha value is -1.65. The predicted octanol–water partition coefficient (Wildman–Crippen LogP) is 4.09. The molecule has 0 atom stereocenters. The Kier molecular flexibility index (Phi) is 5.07. The van der Waals surface area contributed by atoms with Crippen molar-refractivity contribution < 1.29 is 14.3 Å². The maximum absolute atomic E-state index is 15.1. The van der Waals surface area contributed by atoms with Gasteiger partial charge in [0.15, 0.2) is 0 Å². The number of nitrogens with zero attached hydrogens (tertiary/aromatic N) is 1. The number of likely N-dealkylation sites (tertiary alicyclic amines) is 1. The molecule has 5 heteroatoms. The largest absolute Gasteiger partial charge is 0.481 e. The normalized spacial score (nSPS) is 28.2. The van der Waals surface area contributed by atoms with Crippen LogP contribution >= 0.6 is 11.6 Å². The quantitative estimate of drug-likeness (QED) is 0.832. The second-order valence-corrected chi connectivity index (χ2v) is 6.96. The summed E-state index contributed by atoms with van der Waals surface area (Å²) in [7, 11) is 0. The highest BCUT2D eigenvalue weighted by Gasteiger charge is 2.38. The van der Waals surface area contributed by atoms with Gasteiger partial charge in [-0.3, -0.25) is 9.69 Å². The summed E-state index contributed by atoms with van der Waals surface area (Å²) in [6.45, 7) is 2.40. The van der Waals surface area contributed by atoms with E-state index in [2.05, 4.69) is 4.90 Å². The van der Waals surface area contributed by atoms with Crippen LogP contribution in [-0.4, -0.2) is 34.7 Å². The number of carboxylic acid groups (broad SMARTS) is 1. The Bertz CT molecular complexity index is 651. The van der Waals surface area contributed by atoms with E-state index in [-0.39, 0.29) is 5.92 Å². The Morgan fingerprint density at radius 1 is 1.25 bits per heavy atom. The summed E-state index contributed by atoms with van der Waals surface area (Å²) in [5.41, 5.74) is -0.433. The lowest BCUT2D eigenvalue weighted by molar-refractivity contribution is -0.138. The fraction of sp³-hybridized carbons (Fsp3) is 0.421. The number of benzene rings is 1. The Morgan fingerprint density at radius 2 is 1.88 bits per heavy atom. The summed E-state index contributed by atoms with van der Waals surface area (Å²) in [6.07, 6.45) is 7.26. The zero-order valence-corrected chi connectivity index (χ0v) is 14.1. The van der Waals surface area contributed by atoms with Crippen LogP contribution in [0.4, 0.5) is 4.39 Å². The van der Waals surface area contributed by atoms with Crippen LogP contribution in [0.5, 0.6) is 0 Å². The summed E-state index contributed by atoms with van der Waals surface area (Å²) in [4.78, 5) is 13.2. The number of piperidine rings is 1. The maximum Gasteiger partial charge on any atom is 0.314 e. The van der Waals surface area contributed by atoms with Crippen molar-refractivity contribution >= 4 is 17.6 Å². The summed E-state index contributed by atoms with van der Waals surface area (Å²) >= 11 is 6.20. The average Bonchev–Trinajstić information content (AvgIpc) is 2.58. The number of hydrogen-bond acceptors (Lipinski definition) is 2. The topological polar surface area (TPSA) is 40.5 Å². The molecule has 3 rings (SSSR count). The van der Waals surface area contributed by atoms with Crippen molar-refractivity contribution in [1.29, 1.82) is 0 Å². The first-order chi connectivity index (χ1) is 11.5. The van der Waals surface area contributed by atoms with Gasteiger partial charge in [-0.05, 0) is 49.7 Å². The molecule has 1 fully saturated rings. The highest BCUT2D eigenvalue weighted by atomic mass is 35.5. The predicted molar refractivity (Wildman–Crippen MR) is 92.7 cm³/mol. The van der Waals surface area contributed by atoms with Gasteiger partial charge >= 0.3 is 5.97 Å². The zero-order chi connectivity index (χ0) is 17.2. The van der Waals surface area contributed by atoms with Gasteiger partial charge in [0.05, 0.1) is 5.92 Å². The van der Waals surface area contributed by atoms with Gasteiger partial charge in [-0.2, -0.15) is 0 Å². The first-order valence-corrected chi connectivity index (χ1v) is 8.62. The monoisotopic (exact) mass is 349 g/mol. The number of rotatable bonds is 4. The standard InChI is InChI=1S/C19H21ClFNO2/c20-17-4-2-1-3-15(17)13-22-11-7-16(8-12-22)19(21)9-5-14(6-10-19)18(23)24/h1-6,9-10,14,16H,7-8,11-13H2,(H,23,24). The first kappa shape index (κ1) is 17.2. The molecule has 0 spiro atoms. The highest BCUT2D eigenvalue weighted by molar-refractivity contribution is 6.31. The maximum atomic E-state index is 15.1. The van der Waals surface area contributed by atoms with Crippen molar-refractivity contribution in [2.45, 2.75) is 25.1 Å². The number of hydrogen-bond donors (Lipinski definition) is 1. The summed E-state index contributed by atoms with van der Waals surface area (Å²) < 4.78 is 15.1. The van der Waals surface area contributed by atoms with Crippen LogP contribution in [0, 0.1) is 11.8 Å². The lowest BCUT2D eigenvalue weighted by Crippen LogP contribution is -2.41. The van der Waals surface area contributed by atoms with E-state index in [1.165, 1.54) is 24.3 Å². The number of halogens is 2. The van der Waals surface area contributed by atoms with E-state index in [0.29, 0.717) is 0 Å². The third kappa shape index (κ3) is 3.70. The smallest absolute Gasteiger partial charge is 0.314 e. The fourth-order valence-corrected chi connectivity index (χ4v) is 3.66. The van der Waals surface area contributed by atoms with Gasteiger partial charge in [0.1, 0.15) is 5.67 Å². The van der Waals surface area contributed by atoms with Crippen LogP contribution < -0.4 is 0 Å². The van der Waals surface area contributed by atoms with Gasteiger partial charge in [0, 0.05) is 17.5 Å². The highest BCUT2D eigenvalue weighted by Crippen LogP contribution is 2.37. The van der Waals surface area contributed by atoms with Gasteiger partial charge in [-0.15, -0.1) is 0 Å². The molecule has 0 aromatic heterocycles. The molecule has 1 heterocycles. The van der Waals surface area contributed by atoms with Gasteiger partial charge in [0.2, 0.25) is 0 Å². The van der Waals surface area contributed by atoms with E-state index in [9.17, 15) is 4.79 Å². The molecular formula is C19H21ClFNO2. The number of allylic oxidation sites excluding steroid dienone is 2. The van der Waals surface area contributed by atoms with Crippen LogP contribution in [0.3, 0.4) is 0 Å². The molecule has 24 heavy (non-hydrogen) atoms. The average molecular weight is 350 g/mol. The Morgan fingerprint density at radius 3 is 2.46 bits per heavy atom. The van der Waals surface area contributed by atoms with Crippen LogP contribution in [-0.2, 0) is 11.3 Å². The third-order valence-corrected chi connectivity index (χ3v) is 5.34. The van der Waals surface area contributed by atoms with E-state index in [1.54, 1.807) is 0 Å². The number of alkyl halides is 1. The molecule has 1 aromatic carbocycles. The molecule has 1 aliphatic heterocycles. The van der Waals surface area contributed by atoms with E-state index < -0.39 is 17.6 Å².